The van der Waals surface area contributed by atoms with Crippen LogP contribution < -0.4 is 10.7 Å². The molecule has 2 aromatic carbocycles. The van der Waals surface area contributed by atoms with Crippen LogP contribution in [0, 0.1) is 11.6 Å². The molecule has 28 heavy (non-hydrogen) atoms. The van der Waals surface area contributed by atoms with Crippen LogP contribution in [0.5, 0.6) is 0 Å². The molecule has 5 nitrogen and oxygen atoms in total. The van der Waals surface area contributed by atoms with Crippen molar-refractivity contribution in [2.75, 3.05) is 5.32 Å². The Morgan fingerprint density at radius 3 is 2.50 bits per heavy atom. The molecule has 1 saturated carbocycles. The van der Waals surface area contributed by atoms with Gasteiger partial charge in [-0.25, -0.2) is 13.6 Å². The summed E-state index contributed by atoms with van der Waals surface area (Å²) in [5.41, 5.74) is -1.17. The SMILES string of the molecule is O=C(O)c1cn(C2CC2)c2c(F)c(Cl)c(F)c(NCc3ccccc3)c2c1=O. The number of nitrogens with one attached hydrogen (secondary N) is 1. The molecule has 0 amide bonds. The molecule has 0 aliphatic heterocycles. The van der Waals surface area contributed by atoms with E-state index in [4.69, 9.17) is 11.6 Å². The van der Waals surface area contributed by atoms with Crippen molar-refractivity contribution in [1.29, 1.82) is 0 Å². The lowest BCUT2D eigenvalue weighted by Crippen LogP contribution is -2.21. The lowest BCUT2D eigenvalue weighted by Gasteiger charge is -2.18. The summed E-state index contributed by atoms with van der Waals surface area (Å²) in [6, 6.07) is 8.85. The number of rotatable bonds is 5. The zero-order valence-electron chi connectivity index (χ0n) is 14.5. The Labute approximate surface area is 163 Å². The van der Waals surface area contributed by atoms with Crippen LogP contribution in [0.1, 0.15) is 34.8 Å². The standard InChI is InChI=1S/C20H15ClF2N2O3/c21-14-15(22)17(24-8-10-4-2-1-3-5-10)13-18(16(14)23)25(11-6-7-11)9-12(19(13)26)20(27)28/h1-5,9,11,24H,6-8H2,(H,27,28). The number of fused-ring (bicyclic) bond motifs is 1. The maximum absolute atomic E-state index is 14.9. The Balaban J connectivity index is 2.00. The fourth-order valence-electron chi connectivity index (χ4n) is 3.25. The molecule has 2 N–H and O–H groups in total. The second-order valence-corrected chi connectivity index (χ2v) is 7.07. The van der Waals surface area contributed by atoms with E-state index >= 15 is 0 Å². The molecule has 3 aromatic rings. The number of hydrogen-bond acceptors (Lipinski definition) is 3. The van der Waals surface area contributed by atoms with Gasteiger partial charge in [0.1, 0.15) is 10.6 Å². The number of pyridine rings is 1. The van der Waals surface area contributed by atoms with Crippen LogP contribution in [0.15, 0.2) is 41.3 Å². The zero-order chi connectivity index (χ0) is 20.0. The molecule has 1 aliphatic carbocycles. The van der Waals surface area contributed by atoms with Gasteiger partial charge in [-0.15, -0.1) is 0 Å². The smallest absolute Gasteiger partial charge is 0.341 e. The van der Waals surface area contributed by atoms with Crippen molar-refractivity contribution in [3.63, 3.8) is 0 Å². The van der Waals surface area contributed by atoms with Crippen LogP contribution in [0.4, 0.5) is 14.5 Å². The van der Waals surface area contributed by atoms with Gasteiger partial charge in [0, 0.05) is 18.8 Å². The third-order valence-corrected chi connectivity index (χ3v) is 5.11. The van der Waals surface area contributed by atoms with Gasteiger partial charge in [0.25, 0.3) is 0 Å². The highest BCUT2D eigenvalue weighted by atomic mass is 35.5. The van der Waals surface area contributed by atoms with E-state index in [2.05, 4.69) is 5.32 Å². The maximum Gasteiger partial charge on any atom is 0.341 e. The normalized spacial score (nSPS) is 13.7. The number of carbonyl (C=O) groups is 1. The summed E-state index contributed by atoms with van der Waals surface area (Å²) in [4.78, 5) is 24.3. The summed E-state index contributed by atoms with van der Waals surface area (Å²) in [6.07, 6.45) is 2.53. The molecule has 0 radical (unpaired) electrons. The van der Waals surface area contributed by atoms with Gasteiger partial charge in [0.2, 0.25) is 5.43 Å². The van der Waals surface area contributed by atoms with E-state index in [9.17, 15) is 23.5 Å². The first-order valence-electron chi connectivity index (χ1n) is 8.66. The van der Waals surface area contributed by atoms with Crippen LogP contribution in [0.2, 0.25) is 5.02 Å². The maximum atomic E-state index is 14.9. The van der Waals surface area contributed by atoms with Gasteiger partial charge >= 0.3 is 5.97 Å². The Bertz CT molecular complexity index is 1160. The van der Waals surface area contributed by atoms with E-state index in [1.807, 2.05) is 6.07 Å². The Hall–Kier alpha value is -2.93. The summed E-state index contributed by atoms with van der Waals surface area (Å²) in [5, 5.41) is 11.1. The molecule has 4 rings (SSSR count). The molecular formula is C20H15ClF2N2O3. The fourth-order valence-corrected chi connectivity index (χ4v) is 3.44. The van der Waals surface area contributed by atoms with Crippen LogP contribution in [-0.2, 0) is 6.54 Å². The van der Waals surface area contributed by atoms with Crippen molar-refractivity contribution < 1.29 is 18.7 Å². The molecule has 8 heteroatoms. The number of hydrogen-bond donors (Lipinski definition) is 2. The van der Waals surface area contributed by atoms with E-state index in [1.165, 1.54) is 4.57 Å². The largest absolute Gasteiger partial charge is 0.477 e. The quantitative estimate of drug-likeness (QED) is 0.611. The predicted octanol–water partition coefficient (Wildman–Crippen LogP) is 4.58. The molecule has 0 unspecified atom stereocenters. The van der Waals surface area contributed by atoms with E-state index in [-0.39, 0.29) is 29.2 Å². The van der Waals surface area contributed by atoms with Crippen LogP contribution in [-0.4, -0.2) is 15.6 Å². The minimum Gasteiger partial charge on any atom is -0.477 e. The summed E-state index contributed by atoms with van der Waals surface area (Å²) < 4.78 is 31.1. The van der Waals surface area contributed by atoms with Gasteiger partial charge in [-0.3, -0.25) is 4.79 Å². The number of halogens is 3. The lowest BCUT2D eigenvalue weighted by atomic mass is 10.1. The summed E-state index contributed by atoms with van der Waals surface area (Å²) in [5.74, 6) is -3.64. The predicted molar refractivity (Wildman–Crippen MR) is 102 cm³/mol. The zero-order valence-corrected chi connectivity index (χ0v) is 15.3. The Morgan fingerprint density at radius 1 is 1.21 bits per heavy atom. The first-order valence-corrected chi connectivity index (χ1v) is 9.04. The molecule has 1 heterocycles. The van der Waals surface area contributed by atoms with E-state index < -0.39 is 33.6 Å². The topological polar surface area (TPSA) is 71.3 Å². The number of aromatic carboxylic acids is 1. The number of nitrogens with zero attached hydrogens (tertiary/aromatic N) is 1. The van der Waals surface area contributed by atoms with Crippen molar-refractivity contribution in [3.05, 3.63) is 74.5 Å². The number of aromatic nitrogens is 1. The lowest BCUT2D eigenvalue weighted by molar-refractivity contribution is 0.0695. The number of anilines is 1. The van der Waals surface area contributed by atoms with Gasteiger partial charge in [0.05, 0.1) is 16.6 Å². The first-order chi connectivity index (χ1) is 13.4. The van der Waals surface area contributed by atoms with Crippen molar-refractivity contribution >= 4 is 34.2 Å². The second-order valence-electron chi connectivity index (χ2n) is 6.70. The Morgan fingerprint density at radius 2 is 1.89 bits per heavy atom. The minimum atomic E-state index is -1.45. The Kier molecular flexibility index (Phi) is 4.55. The highest BCUT2D eigenvalue weighted by molar-refractivity contribution is 6.32. The van der Waals surface area contributed by atoms with Crippen LogP contribution >= 0.6 is 11.6 Å². The summed E-state index contributed by atoms with van der Waals surface area (Å²) in [7, 11) is 0. The molecule has 144 valence electrons. The van der Waals surface area contributed by atoms with Crippen LogP contribution in [0.3, 0.4) is 0 Å². The minimum absolute atomic E-state index is 0.148. The van der Waals surface area contributed by atoms with Gasteiger partial charge in [-0.2, -0.15) is 0 Å². The highest BCUT2D eigenvalue weighted by Crippen LogP contribution is 2.41. The van der Waals surface area contributed by atoms with Gasteiger partial charge in [-0.05, 0) is 18.4 Å². The highest BCUT2D eigenvalue weighted by Gasteiger charge is 2.31. The van der Waals surface area contributed by atoms with Gasteiger partial charge in [0.15, 0.2) is 11.6 Å². The molecule has 1 aromatic heterocycles. The van der Waals surface area contributed by atoms with Gasteiger partial charge in [-0.1, -0.05) is 41.9 Å². The third-order valence-electron chi connectivity index (χ3n) is 4.78. The van der Waals surface area contributed by atoms with Crippen molar-refractivity contribution in [3.8, 4) is 0 Å². The molecule has 0 atom stereocenters. The van der Waals surface area contributed by atoms with E-state index in [0.29, 0.717) is 12.8 Å². The van der Waals surface area contributed by atoms with Crippen molar-refractivity contribution in [1.82, 2.24) is 4.57 Å². The first kappa shape index (κ1) is 18.4. The van der Waals surface area contributed by atoms with E-state index in [1.54, 1.807) is 24.3 Å². The van der Waals surface area contributed by atoms with Crippen molar-refractivity contribution in [2.45, 2.75) is 25.4 Å². The van der Waals surface area contributed by atoms with E-state index in [0.717, 1.165) is 11.8 Å². The fraction of sp³-hybridized carbons (Fsp3) is 0.200. The number of benzene rings is 2. The average molecular weight is 405 g/mol. The summed E-state index contributed by atoms with van der Waals surface area (Å²) in [6.45, 7) is 0.148. The molecule has 1 aliphatic rings. The molecule has 0 saturated heterocycles. The molecule has 0 bridgehead atoms. The van der Waals surface area contributed by atoms with Crippen LogP contribution in [0.25, 0.3) is 10.9 Å². The molecule has 0 spiro atoms. The monoisotopic (exact) mass is 404 g/mol. The second kappa shape index (κ2) is 6.91. The van der Waals surface area contributed by atoms with Crippen molar-refractivity contribution in [2.24, 2.45) is 0 Å². The molecule has 1 fully saturated rings. The third kappa shape index (κ3) is 3.01. The number of carboxylic acid groups (broad SMARTS) is 1. The van der Waals surface area contributed by atoms with Gasteiger partial charge < -0.3 is 15.0 Å². The summed E-state index contributed by atoms with van der Waals surface area (Å²) >= 11 is 5.87. The number of carboxylic acids is 1. The average Bonchev–Trinajstić information content (AvgIpc) is 3.52. The molecular weight excluding hydrogens is 390 g/mol.